The Balaban J connectivity index is 1.32. The number of amides is 1. The van der Waals surface area contributed by atoms with Crippen LogP contribution in [0.25, 0.3) is 10.2 Å². The highest BCUT2D eigenvalue weighted by molar-refractivity contribution is 7.18. The zero-order chi connectivity index (χ0) is 26.0. The number of nitrogens with zero attached hydrogens (tertiary/aromatic N) is 6. The van der Waals surface area contributed by atoms with Gasteiger partial charge in [-0.3, -0.25) is 4.79 Å². The molecule has 9 nitrogen and oxygen atoms in total. The molecule has 1 aliphatic heterocycles. The molecule has 1 aliphatic carbocycles. The molecule has 37 heavy (non-hydrogen) atoms. The highest BCUT2D eigenvalue weighted by Crippen LogP contribution is 2.36. The van der Waals surface area contributed by atoms with Crippen LogP contribution in [-0.4, -0.2) is 50.3 Å². The second kappa shape index (κ2) is 10.8. The zero-order valence-corrected chi connectivity index (χ0v) is 21.5. The predicted octanol–water partition coefficient (Wildman–Crippen LogP) is 4.35. The molecule has 2 aliphatic rings. The normalized spacial score (nSPS) is 16.7. The summed E-state index contributed by atoms with van der Waals surface area (Å²) < 4.78 is 46.8. The predicted molar refractivity (Wildman–Crippen MR) is 133 cm³/mol. The minimum Gasteiger partial charge on any atom is -0.462 e. The van der Waals surface area contributed by atoms with Crippen molar-refractivity contribution in [1.82, 2.24) is 30.0 Å². The topological polar surface area (TPSA) is 98.1 Å². The van der Waals surface area contributed by atoms with Crippen molar-refractivity contribution in [2.45, 2.75) is 71.1 Å². The number of rotatable bonds is 8. The standard InChI is InChI=1S/C24H30F3N7O2S/c1-2-6-16-13-17-19(33-10-11-34-18(14-33)31-32-22(34)24(25,26)27)29-23(30-21(17)37-16)36-12-9-28-20(35)15-7-4-3-5-8-15/h13,15H,2-12,14H2,1H3,(H,28,35). The maximum atomic E-state index is 13.3. The number of ether oxygens (including phenoxy) is 1. The van der Waals surface area contributed by atoms with Crippen LogP contribution in [0.5, 0.6) is 6.01 Å². The van der Waals surface area contributed by atoms with E-state index in [9.17, 15) is 18.0 Å². The van der Waals surface area contributed by atoms with Crippen LogP contribution >= 0.6 is 11.3 Å². The lowest BCUT2D eigenvalue weighted by atomic mass is 9.89. The van der Waals surface area contributed by atoms with E-state index in [1.54, 1.807) is 11.3 Å². The first kappa shape index (κ1) is 25.7. The number of halogens is 3. The summed E-state index contributed by atoms with van der Waals surface area (Å²) in [5, 5.41) is 11.0. The number of anilines is 1. The van der Waals surface area contributed by atoms with Crippen LogP contribution in [0.2, 0.25) is 0 Å². The number of carbonyl (C=O) groups excluding carboxylic acids is 1. The van der Waals surface area contributed by atoms with E-state index in [0.29, 0.717) is 18.9 Å². The van der Waals surface area contributed by atoms with Crippen LogP contribution in [0.4, 0.5) is 19.0 Å². The highest BCUT2D eigenvalue weighted by Gasteiger charge is 2.39. The molecule has 1 saturated carbocycles. The lowest BCUT2D eigenvalue weighted by Gasteiger charge is -2.29. The number of hydrogen-bond acceptors (Lipinski definition) is 8. The van der Waals surface area contributed by atoms with Gasteiger partial charge in [0, 0.05) is 23.9 Å². The molecule has 4 heterocycles. The van der Waals surface area contributed by atoms with Crippen molar-refractivity contribution in [3.8, 4) is 6.01 Å². The van der Waals surface area contributed by atoms with Gasteiger partial charge in [0.1, 0.15) is 17.3 Å². The SMILES string of the molecule is CCCc1cc2c(N3CCn4c(nnc4C(F)(F)F)C3)nc(OCCNC(=O)C3CCCCC3)nc2s1. The Morgan fingerprint density at radius 2 is 2.00 bits per heavy atom. The van der Waals surface area contributed by atoms with Gasteiger partial charge in [-0.1, -0.05) is 32.6 Å². The van der Waals surface area contributed by atoms with Crippen LogP contribution in [0, 0.1) is 5.92 Å². The average molecular weight is 538 g/mol. The summed E-state index contributed by atoms with van der Waals surface area (Å²) in [5.74, 6) is 0.0125. The molecule has 0 radical (unpaired) electrons. The number of fused-ring (bicyclic) bond motifs is 2. The molecule has 0 aromatic carbocycles. The van der Waals surface area contributed by atoms with Gasteiger partial charge in [0.15, 0.2) is 5.82 Å². The molecule has 200 valence electrons. The molecule has 5 rings (SSSR count). The number of aromatic nitrogens is 5. The van der Waals surface area contributed by atoms with Gasteiger partial charge in [-0.25, -0.2) is 0 Å². The molecule has 1 N–H and O–H groups in total. The van der Waals surface area contributed by atoms with E-state index in [1.165, 1.54) is 6.42 Å². The van der Waals surface area contributed by atoms with Gasteiger partial charge in [0.05, 0.1) is 18.5 Å². The Morgan fingerprint density at radius 3 is 2.76 bits per heavy atom. The molecule has 0 spiro atoms. The smallest absolute Gasteiger partial charge is 0.451 e. The van der Waals surface area contributed by atoms with E-state index in [0.717, 1.165) is 58.2 Å². The first-order valence-electron chi connectivity index (χ1n) is 12.8. The first-order valence-corrected chi connectivity index (χ1v) is 13.6. The van der Waals surface area contributed by atoms with Crippen molar-refractivity contribution >= 4 is 33.3 Å². The van der Waals surface area contributed by atoms with Crippen LogP contribution in [0.1, 0.15) is 62.0 Å². The van der Waals surface area contributed by atoms with Crippen molar-refractivity contribution in [1.29, 1.82) is 0 Å². The first-order chi connectivity index (χ1) is 17.8. The molecular weight excluding hydrogens is 507 g/mol. The molecule has 0 bridgehead atoms. The molecule has 0 atom stereocenters. The molecule has 3 aromatic rings. The van der Waals surface area contributed by atoms with E-state index in [1.807, 2.05) is 11.0 Å². The summed E-state index contributed by atoms with van der Waals surface area (Å²) in [6.07, 6.45) is 2.57. The Kier molecular flexibility index (Phi) is 7.50. The average Bonchev–Trinajstić information content (AvgIpc) is 3.50. The summed E-state index contributed by atoms with van der Waals surface area (Å²) in [5.41, 5.74) is 0. The van der Waals surface area contributed by atoms with E-state index in [2.05, 4.69) is 32.4 Å². The van der Waals surface area contributed by atoms with E-state index in [4.69, 9.17) is 4.74 Å². The van der Waals surface area contributed by atoms with Gasteiger partial charge in [0.25, 0.3) is 0 Å². The molecule has 1 fully saturated rings. The van der Waals surface area contributed by atoms with Crippen molar-refractivity contribution in [2.24, 2.45) is 5.92 Å². The van der Waals surface area contributed by atoms with Gasteiger partial charge >= 0.3 is 12.2 Å². The highest BCUT2D eigenvalue weighted by atomic mass is 32.1. The van der Waals surface area contributed by atoms with Crippen LogP contribution < -0.4 is 15.0 Å². The minimum absolute atomic E-state index is 0.0680. The number of nitrogens with one attached hydrogen (secondary N) is 1. The zero-order valence-electron chi connectivity index (χ0n) is 20.7. The van der Waals surface area contributed by atoms with Gasteiger partial charge < -0.3 is 19.5 Å². The molecular formula is C24H30F3N7O2S. The summed E-state index contributed by atoms with van der Waals surface area (Å²) in [4.78, 5) is 25.4. The third-order valence-corrected chi connectivity index (χ3v) is 7.90. The van der Waals surface area contributed by atoms with Crippen molar-refractivity contribution < 1.29 is 22.7 Å². The minimum atomic E-state index is -4.55. The second-order valence-electron chi connectivity index (χ2n) is 9.50. The summed E-state index contributed by atoms with van der Waals surface area (Å²) in [7, 11) is 0. The lowest BCUT2D eigenvalue weighted by Crippen LogP contribution is -2.36. The molecule has 13 heteroatoms. The number of carbonyl (C=O) groups is 1. The largest absolute Gasteiger partial charge is 0.462 e. The van der Waals surface area contributed by atoms with Gasteiger partial charge in [-0.05, 0) is 25.3 Å². The second-order valence-corrected chi connectivity index (χ2v) is 10.6. The Morgan fingerprint density at radius 1 is 1.19 bits per heavy atom. The maximum Gasteiger partial charge on any atom is 0.451 e. The van der Waals surface area contributed by atoms with E-state index in [-0.39, 0.29) is 43.4 Å². The third-order valence-electron chi connectivity index (χ3n) is 6.81. The quantitative estimate of drug-likeness (QED) is 0.427. The molecule has 0 unspecified atom stereocenters. The Bertz CT molecular complexity index is 1250. The number of thiophene rings is 1. The molecule has 1 amide bonds. The van der Waals surface area contributed by atoms with Crippen molar-refractivity contribution in [3.63, 3.8) is 0 Å². The summed E-state index contributed by atoms with van der Waals surface area (Å²) >= 11 is 1.56. The van der Waals surface area contributed by atoms with Crippen molar-refractivity contribution in [2.75, 3.05) is 24.6 Å². The summed E-state index contributed by atoms with van der Waals surface area (Å²) in [6.45, 7) is 3.23. The number of aryl methyl sites for hydroxylation is 1. The summed E-state index contributed by atoms with van der Waals surface area (Å²) in [6, 6.07) is 2.23. The molecule has 3 aromatic heterocycles. The van der Waals surface area contributed by atoms with Gasteiger partial charge in [-0.15, -0.1) is 21.5 Å². The fraction of sp³-hybridized carbons (Fsp3) is 0.625. The van der Waals surface area contributed by atoms with E-state index >= 15 is 0 Å². The fourth-order valence-corrected chi connectivity index (χ4v) is 6.10. The Hall–Kier alpha value is -2.96. The monoisotopic (exact) mass is 537 g/mol. The van der Waals surface area contributed by atoms with E-state index < -0.39 is 12.0 Å². The van der Waals surface area contributed by atoms with Crippen molar-refractivity contribution in [3.05, 3.63) is 22.6 Å². The lowest BCUT2D eigenvalue weighted by molar-refractivity contribution is -0.147. The van der Waals surface area contributed by atoms with Crippen LogP contribution in [-0.2, 0) is 30.5 Å². The number of hydrogen-bond donors (Lipinski definition) is 1. The van der Waals surface area contributed by atoms with Gasteiger partial charge in [-0.2, -0.15) is 23.1 Å². The fourth-order valence-electron chi connectivity index (χ4n) is 4.99. The maximum absolute atomic E-state index is 13.3. The molecule has 0 saturated heterocycles. The van der Waals surface area contributed by atoms with Crippen LogP contribution in [0.15, 0.2) is 6.07 Å². The van der Waals surface area contributed by atoms with Crippen LogP contribution in [0.3, 0.4) is 0 Å². The van der Waals surface area contributed by atoms with Gasteiger partial charge in [0.2, 0.25) is 11.7 Å². The third kappa shape index (κ3) is 5.65. The number of alkyl halides is 3. The Labute approximate surface area is 216 Å².